The Labute approximate surface area is 197 Å². The molecule has 1 saturated heterocycles. The Balaban J connectivity index is 1.82. The number of likely N-dealkylation sites (tertiary alicyclic amines) is 1. The van der Waals surface area contributed by atoms with Gasteiger partial charge in [0, 0.05) is 24.5 Å². The van der Waals surface area contributed by atoms with Crippen molar-refractivity contribution in [3.05, 3.63) is 101 Å². The first-order chi connectivity index (χ1) is 16.4. The summed E-state index contributed by atoms with van der Waals surface area (Å²) in [5, 5.41) is 11.1. The molecule has 174 valence electrons. The largest absolute Gasteiger partial charge is 0.507 e. The first-order valence-corrected chi connectivity index (χ1v) is 11.1. The molecule has 7 heteroatoms. The predicted octanol–water partition coefficient (Wildman–Crippen LogP) is 4.94. The Morgan fingerprint density at radius 3 is 2.56 bits per heavy atom. The number of rotatable bonds is 7. The number of carbonyl (C=O) groups is 2. The number of amides is 1. The number of benzene rings is 2. The van der Waals surface area contributed by atoms with Gasteiger partial charge in [-0.3, -0.25) is 14.6 Å². The van der Waals surface area contributed by atoms with Gasteiger partial charge < -0.3 is 14.7 Å². The van der Waals surface area contributed by atoms with Crippen molar-refractivity contribution in [1.82, 2.24) is 9.88 Å². The van der Waals surface area contributed by atoms with Crippen molar-refractivity contribution in [2.24, 2.45) is 0 Å². The minimum Gasteiger partial charge on any atom is -0.507 e. The number of halogens is 1. The number of hydrogen-bond donors (Lipinski definition) is 1. The van der Waals surface area contributed by atoms with Gasteiger partial charge >= 0.3 is 0 Å². The van der Waals surface area contributed by atoms with Crippen molar-refractivity contribution in [3.8, 4) is 5.75 Å². The van der Waals surface area contributed by atoms with Crippen molar-refractivity contribution in [2.45, 2.75) is 32.9 Å². The molecule has 6 nitrogen and oxygen atoms in total. The fourth-order valence-electron chi connectivity index (χ4n) is 3.94. The van der Waals surface area contributed by atoms with E-state index in [0.29, 0.717) is 23.5 Å². The number of pyridine rings is 1. The normalized spacial score (nSPS) is 17.3. The van der Waals surface area contributed by atoms with E-state index < -0.39 is 29.3 Å². The number of aryl methyl sites for hydroxylation is 1. The molecule has 2 aromatic carbocycles. The quantitative estimate of drug-likeness (QED) is 0.307. The molecule has 1 atom stereocenters. The average molecular weight is 461 g/mol. The molecule has 0 aliphatic carbocycles. The van der Waals surface area contributed by atoms with Gasteiger partial charge in [-0.25, -0.2) is 4.39 Å². The fraction of sp³-hybridized carbons (Fsp3) is 0.222. The third-order valence-corrected chi connectivity index (χ3v) is 5.73. The van der Waals surface area contributed by atoms with Gasteiger partial charge in [0.1, 0.15) is 17.3 Å². The van der Waals surface area contributed by atoms with E-state index >= 15 is 0 Å². The molecule has 3 aromatic rings. The third kappa shape index (κ3) is 4.55. The Kier molecular flexibility index (Phi) is 6.72. The number of ether oxygens (including phenoxy) is 1. The lowest BCUT2D eigenvalue weighted by atomic mass is 9.94. The summed E-state index contributed by atoms with van der Waals surface area (Å²) in [6.45, 7) is 4.30. The van der Waals surface area contributed by atoms with Gasteiger partial charge in [-0.05, 0) is 54.3 Å². The van der Waals surface area contributed by atoms with Crippen molar-refractivity contribution in [3.63, 3.8) is 0 Å². The lowest BCUT2D eigenvalue weighted by Crippen LogP contribution is -2.29. The number of nitrogens with zero attached hydrogens (tertiary/aromatic N) is 2. The van der Waals surface area contributed by atoms with Crippen molar-refractivity contribution < 1.29 is 23.8 Å². The molecule has 1 aromatic heterocycles. The number of carbonyl (C=O) groups excluding carboxylic acids is 2. The van der Waals surface area contributed by atoms with Crippen LogP contribution in [0.2, 0.25) is 0 Å². The first-order valence-electron chi connectivity index (χ1n) is 11.1. The Bertz CT molecular complexity index is 1240. The lowest BCUT2D eigenvalue weighted by Gasteiger charge is -2.25. The highest BCUT2D eigenvalue weighted by Crippen LogP contribution is 2.40. The Morgan fingerprint density at radius 1 is 1.15 bits per heavy atom. The molecule has 1 fully saturated rings. The van der Waals surface area contributed by atoms with E-state index in [1.54, 1.807) is 55.7 Å². The summed E-state index contributed by atoms with van der Waals surface area (Å²) in [4.78, 5) is 31.7. The summed E-state index contributed by atoms with van der Waals surface area (Å²) in [6.07, 6.45) is 4.10. The van der Waals surface area contributed by atoms with Gasteiger partial charge in [0.15, 0.2) is 0 Å². The van der Waals surface area contributed by atoms with Crippen molar-refractivity contribution >= 4 is 17.4 Å². The second-order valence-electron chi connectivity index (χ2n) is 8.17. The van der Waals surface area contributed by atoms with Crippen LogP contribution in [0.25, 0.3) is 5.76 Å². The molecular weight excluding hydrogens is 435 g/mol. The number of Topliss-reactive ketones (excluding diaryl/α,β-unsaturated/α-hetero) is 1. The highest BCUT2D eigenvalue weighted by molar-refractivity contribution is 6.46. The summed E-state index contributed by atoms with van der Waals surface area (Å²) < 4.78 is 19.9. The number of hydrogen-bond acceptors (Lipinski definition) is 5. The molecule has 34 heavy (non-hydrogen) atoms. The summed E-state index contributed by atoms with van der Waals surface area (Å²) in [7, 11) is 0. The van der Waals surface area contributed by atoms with Crippen LogP contribution in [-0.2, 0) is 16.1 Å². The topological polar surface area (TPSA) is 79.7 Å². The molecule has 0 radical (unpaired) electrons. The molecule has 0 unspecified atom stereocenters. The third-order valence-electron chi connectivity index (χ3n) is 5.73. The zero-order valence-electron chi connectivity index (χ0n) is 19.0. The van der Waals surface area contributed by atoms with E-state index in [1.165, 1.54) is 17.0 Å². The predicted molar refractivity (Wildman–Crippen MR) is 125 cm³/mol. The second kappa shape index (κ2) is 9.87. The molecular formula is C27H25FN2O4. The number of aliphatic hydroxyl groups is 1. The van der Waals surface area contributed by atoms with Gasteiger partial charge in [-0.2, -0.15) is 0 Å². The van der Waals surface area contributed by atoms with Crippen LogP contribution in [0.15, 0.2) is 72.6 Å². The summed E-state index contributed by atoms with van der Waals surface area (Å²) in [5.74, 6) is -1.83. The number of aromatic nitrogens is 1. The van der Waals surface area contributed by atoms with E-state index in [9.17, 15) is 19.1 Å². The number of aliphatic hydroxyl groups excluding tert-OH is 1. The van der Waals surface area contributed by atoms with Crippen LogP contribution in [0.1, 0.15) is 41.6 Å². The molecule has 0 saturated carbocycles. The maximum Gasteiger partial charge on any atom is 0.295 e. The van der Waals surface area contributed by atoms with Crippen molar-refractivity contribution in [1.29, 1.82) is 0 Å². The van der Waals surface area contributed by atoms with Crippen LogP contribution >= 0.6 is 0 Å². The van der Waals surface area contributed by atoms with E-state index in [0.717, 1.165) is 18.1 Å². The van der Waals surface area contributed by atoms with Crippen LogP contribution in [0.5, 0.6) is 5.75 Å². The number of ketones is 1. The first kappa shape index (κ1) is 23.2. The van der Waals surface area contributed by atoms with E-state index in [2.05, 4.69) is 4.98 Å². The molecule has 1 aliphatic rings. The minimum atomic E-state index is -0.857. The van der Waals surface area contributed by atoms with Gasteiger partial charge in [0.05, 0.1) is 18.2 Å². The summed E-state index contributed by atoms with van der Waals surface area (Å²) in [5.41, 5.74) is 1.82. The highest BCUT2D eigenvalue weighted by atomic mass is 19.1. The van der Waals surface area contributed by atoms with Gasteiger partial charge in [0.25, 0.3) is 11.7 Å². The zero-order chi connectivity index (χ0) is 24.2. The molecule has 1 amide bonds. The van der Waals surface area contributed by atoms with Crippen LogP contribution in [0.4, 0.5) is 4.39 Å². The molecule has 1 aliphatic heterocycles. The zero-order valence-corrected chi connectivity index (χ0v) is 19.0. The monoisotopic (exact) mass is 460 g/mol. The van der Waals surface area contributed by atoms with Crippen LogP contribution in [0.3, 0.4) is 0 Å². The van der Waals surface area contributed by atoms with Crippen LogP contribution < -0.4 is 4.74 Å². The van der Waals surface area contributed by atoms with Gasteiger partial charge in [-0.15, -0.1) is 0 Å². The minimum absolute atomic E-state index is 0.0839. The summed E-state index contributed by atoms with van der Waals surface area (Å²) in [6, 6.07) is 14.0. The lowest BCUT2D eigenvalue weighted by molar-refractivity contribution is -0.140. The Morgan fingerprint density at radius 2 is 1.91 bits per heavy atom. The molecule has 4 rings (SSSR count). The summed E-state index contributed by atoms with van der Waals surface area (Å²) >= 11 is 0. The van der Waals surface area contributed by atoms with Crippen LogP contribution in [-0.4, -0.2) is 33.3 Å². The molecule has 0 spiro atoms. The average Bonchev–Trinajstić information content (AvgIpc) is 3.10. The van der Waals surface area contributed by atoms with Gasteiger partial charge in [0.2, 0.25) is 0 Å². The molecule has 1 N–H and O–H groups in total. The van der Waals surface area contributed by atoms with E-state index in [4.69, 9.17) is 4.74 Å². The van der Waals surface area contributed by atoms with E-state index in [-0.39, 0.29) is 17.7 Å². The Hall–Kier alpha value is -4.00. The van der Waals surface area contributed by atoms with Crippen LogP contribution in [0, 0.1) is 12.7 Å². The molecule has 0 bridgehead atoms. The van der Waals surface area contributed by atoms with E-state index in [1.807, 2.05) is 6.92 Å². The van der Waals surface area contributed by atoms with Crippen molar-refractivity contribution in [2.75, 3.05) is 6.61 Å². The standard InChI is InChI=1S/C27H25FN2O4/c1-3-13-34-21-10-8-19(9-11-21)24-23(25(31)20-7-6-17(2)22(28)14-20)26(32)27(33)30(24)16-18-5-4-12-29-15-18/h4-12,14-15,24,31H,3,13,16H2,1-2H3/t24-/m1/s1. The fourth-order valence-corrected chi connectivity index (χ4v) is 3.94. The maximum atomic E-state index is 14.2. The highest BCUT2D eigenvalue weighted by Gasteiger charge is 2.46. The molecule has 2 heterocycles. The second-order valence-corrected chi connectivity index (χ2v) is 8.17. The SMILES string of the molecule is CCCOc1ccc([C@@H]2C(=C(O)c3ccc(C)c(F)c3)C(=O)C(=O)N2Cc2cccnc2)cc1. The smallest absolute Gasteiger partial charge is 0.295 e. The maximum absolute atomic E-state index is 14.2. The van der Waals surface area contributed by atoms with Gasteiger partial charge in [-0.1, -0.05) is 37.3 Å².